The molecule has 25 heavy (non-hydrogen) atoms. The van der Waals surface area contributed by atoms with Gasteiger partial charge in [-0.3, -0.25) is 9.59 Å². The van der Waals surface area contributed by atoms with E-state index in [0.29, 0.717) is 10.7 Å². The van der Waals surface area contributed by atoms with Crippen LogP contribution in [0.25, 0.3) is 0 Å². The molecule has 2 amide bonds. The zero-order valence-corrected chi connectivity index (χ0v) is 15.7. The number of hydrogen-bond acceptors (Lipinski definition) is 2. The lowest BCUT2D eigenvalue weighted by molar-refractivity contribution is -0.120. The van der Waals surface area contributed by atoms with Gasteiger partial charge in [-0.05, 0) is 48.2 Å². The fourth-order valence-electron chi connectivity index (χ4n) is 2.67. The Hall–Kier alpha value is -2.33. The Bertz CT molecular complexity index is 770. The first-order chi connectivity index (χ1) is 11.8. The highest BCUT2D eigenvalue weighted by Gasteiger charge is 2.18. The van der Waals surface area contributed by atoms with Crippen LogP contribution in [0.1, 0.15) is 37.8 Å². The second kappa shape index (κ2) is 8.17. The fourth-order valence-corrected chi connectivity index (χ4v) is 2.80. The predicted molar refractivity (Wildman–Crippen MR) is 103 cm³/mol. The fraction of sp³-hybridized carbons (Fsp3) is 0.300. The number of carbonyl (C=O) groups is 2. The van der Waals surface area contributed by atoms with Crippen molar-refractivity contribution in [3.8, 4) is 0 Å². The maximum atomic E-state index is 12.6. The standard InChI is InChI=1S/C20H23ClN2O2/c1-13(2)18-7-5-6-14(3)20(18)22-19(25)12-23(15(4)24)17-10-8-16(21)9-11-17/h5-11,13H,12H2,1-4H3,(H,22,25). The third-order valence-corrected chi connectivity index (χ3v) is 4.26. The lowest BCUT2D eigenvalue weighted by atomic mass is 9.98. The smallest absolute Gasteiger partial charge is 0.244 e. The lowest BCUT2D eigenvalue weighted by Gasteiger charge is -2.22. The number of carbonyl (C=O) groups excluding carboxylic acids is 2. The Morgan fingerprint density at radius 2 is 1.76 bits per heavy atom. The molecule has 5 heteroatoms. The monoisotopic (exact) mass is 358 g/mol. The van der Waals surface area contributed by atoms with Crippen molar-refractivity contribution in [2.24, 2.45) is 0 Å². The third kappa shape index (κ3) is 4.83. The first-order valence-corrected chi connectivity index (χ1v) is 8.60. The summed E-state index contributed by atoms with van der Waals surface area (Å²) in [6, 6.07) is 12.8. The molecule has 0 fully saturated rings. The average Bonchev–Trinajstić information content (AvgIpc) is 2.55. The molecule has 0 bridgehead atoms. The highest BCUT2D eigenvalue weighted by molar-refractivity contribution is 6.30. The van der Waals surface area contributed by atoms with Crippen LogP contribution < -0.4 is 10.2 Å². The SMILES string of the molecule is CC(=O)N(CC(=O)Nc1c(C)cccc1C(C)C)c1ccc(Cl)cc1. The molecule has 2 aromatic carbocycles. The van der Waals surface area contributed by atoms with E-state index in [9.17, 15) is 9.59 Å². The van der Waals surface area contributed by atoms with Crippen LogP contribution in [0.2, 0.25) is 5.02 Å². The van der Waals surface area contributed by atoms with Gasteiger partial charge < -0.3 is 10.2 Å². The van der Waals surface area contributed by atoms with Gasteiger partial charge in [-0.25, -0.2) is 0 Å². The highest BCUT2D eigenvalue weighted by atomic mass is 35.5. The number of anilines is 2. The van der Waals surface area contributed by atoms with Crippen LogP contribution in [-0.4, -0.2) is 18.4 Å². The molecule has 0 radical (unpaired) electrons. The third-order valence-electron chi connectivity index (χ3n) is 4.01. The molecule has 0 aliphatic heterocycles. The summed E-state index contributed by atoms with van der Waals surface area (Å²) >= 11 is 5.89. The van der Waals surface area contributed by atoms with Crippen LogP contribution in [-0.2, 0) is 9.59 Å². The number of rotatable bonds is 5. The lowest BCUT2D eigenvalue weighted by Crippen LogP contribution is -2.36. The molecule has 132 valence electrons. The van der Waals surface area contributed by atoms with Gasteiger partial charge in [0.05, 0.1) is 0 Å². The average molecular weight is 359 g/mol. The van der Waals surface area contributed by atoms with Crippen molar-refractivity contribution < 1.29 is 9.59 Å². The van der Waals surface area contributed by atoms with Crippen LogP contribution in [0.15, 0.2) is 42.5 Å². The quantitative estimate of drug-likeness (QED) is 0.837. The van der Waals surface area contributed by atoms with Gasteiger partial charge in [0, 0.05) is 23.3 Å². The summed E-state index contributed by atoms with van der Waals surface area (Å²) in [5, 5.41) is 3.55. The van der Waals surface area contributed by atoms with Crippen LogP contribution in [0, 0.1) is 6.92 Å². The number of benzene rings is 2. The summed E-state index contributed by atoms with van der Waals surface area (Å²) in [7, 11) is 0. The molecule has 2 aromatic rings. The highest BCUT2D eigenvalue weighted by Crippen LogP contribution is 2.27. The van der Waals surface area contributed by atoms with Crippen molar-refractivity contribution in [3.05, 3.63) is 58.6 Å². The number of para-hydroxylation sites is 1. The normalized spacial score (nSPS) is 10.6. The maximum absolute atomic E-state index is 12.6. The summed E-state index contributed by atoms with van der Waals surface area (Å²) in [4.78, 5) is 26.0. The minimum absolute atomic E-state index is 0.0527. The topological polar surface area (TPSA) is 49.4 Å². The van der Waals surface area contributed by atoms with E-state index in [0.717, 1.165) is 16.8 Å². The molecule has 0 unspecified atom stereocenters. The Labute approximate surface area is 153 Å². The van der Waals surface area contributed by atoms with Gasteiger partial charge in [0.15, 0.2) is 0 Å². The van der Waals surface area contributed by atoms with E-state index in [-0.39, 0.29) is 24.3 Å². The van der Waals surface area contributed by atoms with Crippen LogP contribution in [0.3, 0.4) is 0 Å². The van der Waals surface area contributed by atoms with Crippen LogP contribution in [0.5, 0.6) is 0 Å². The molecule has 0 aliphatic rings. The first kappa shape index (κ1) is 19.0. The summed E-state index contributed by atoms with van der Waals surface area (Å²) < 4.78 is 0. The maximum Gasteiger partial charge on any atom is 0.244 e. The van der Waals surface area contributed by atoms with Gasteiger partial charge in [0.25, 0.3) is 0 Å². The number of nitrogens with zero attached hydrogens (tertiary/aromatic N) is 1. The van der Waals surface area contributed by atoms with Crippen molar-refractivity contribution in [2.75, 3.05) is 16.8 Å². The minimum Gasteiger partial charge on any atom is -0.324 e. The summed E-state index contributed by atoms with van der Waals surface area (Å²) in [6.07, 6.45) is 0. The van der Waals surface area contributed by atoms with E-state index in [1.54, 1.807) is 24.3 Å². The van der Waals surface area contributed by atoms with Gasteiger partial charge >= 0.3 is 0 Å². The summed E-state index contributed by atoms with van der Waals surface area (Å²) in [6.45, 7) is 7.52. The summed E-state index contributed by atoms with van der Waals surface area (Å²) in [5.41, 5.74) is 3.54. The number of amides is 2. The van der Waals surface area contributed by atoms with E-state index in [2.05, 4.69) is 19.2 Å². The van der Waals surface area contributed by atoms with Crippen molar-refractivity contribution in [2.45, 2.75) is 33.6 Å². The number of halogens is 1. The minimum atomic E-state index is -0.235. The molecule has 2 rings (SSSR count). The molecule has 4 nitrogen and oxygen atoms in total. The predicted octanol–water partition coefficient (Wildman–Crippen LogP) is 4.76. The van der Waals surface area contributed by atoms with Crippen molar-refractivity contribution >= 4 is 34.8 Å². The van der Waals surface area contributed by atoms with E-state index < -0.39 is 0 Å². The second-order valence-electron chi connectivity index (χ2n) is 6.32. The number of hydrogen-bond donors (Lipinski definition) is 1. The summed E-state index contributed by atoms with van der Waals surface area (Å²) in [5.74, 6) is -0.150. The molecule has 0 spiro atoms. The molecule has 0 aliphatic carbocycles. The second-order valence-corrected chi connectivity index (χ2v) is 6.76. The van der Waals surface area contributed by atoms with E-state index in [4.69, 9.17) is 11.6 Å². The van der Waals surface area contributed by atoms with Gasteiger partial charge in [-0.15, -0.1) is 0 Å². The molecule has 0 atom stereocenters. The molecule has 1 N–H and O–H groups in total. The van der Waals surface area contributed by atoms with Gasteiger partial charge in [-0.2, -0.15) is 0 Å². The molecule has 0 aromatic heterocycles. The molecule has 0 saturated heterocycles. The van der Waals surface area contributed by atoms with E-state index in [1.165, 1.54) is 11.8 Å². The largest absolute Gasteiger partial charge is 0.324 e. The first-order valence-electron chi connectivity index (χ1n) is 8.22. The molecule has 0 saturated carbocycles. The zero-order chi connectivity index (χ0) is 18.6. The molecular weight excluding hydrogens is 336 g/mol. The Morgan fingerprint density at radius 1 is 1.12 bits per heavy atom. The zero-order valence-electron chi connectivity index (χ0n) is 15.0. The van der Waals surface area contributed by atoms with Gasteiger partial charge in [-0.1, -0.05) is 43.6 Å². The van der Waals surface area contributed by atoms with Gasteiger partial charge in [0.1, 0.15) is 6.54 Å². The van der Waals surface area contributed by atoms with Crippen LogP contribution in [0.4, 0.5) is 11.4 Å². The Kier molecular flexibility index (Phi) is 6.21. The van der Waals surface area contributed by atoms with Crippen LogP contribution >= 0.6 is 11.6 Å². The molecular formula is C20H23ClN2O2. The molecule has 0 heterocycles. The number of aryl methyl sites for hydroxylation is 1. The van der Waals surface area contributed by atoms with Crippen molar-refractivity contribution in [1.82, 2.24) is 0 Å². The Balaban J connectivity index is 2.21. The van der Waals surface area contributed by atoms with Gasteiger partial charge in [0.2, 0.25) is 11.8 Å². The van der Waals surface area contributed by atoms with Crippen molar-refractivity contribution in [1.29, 1.82) is 0 Å². The van der Waals surface area contributed by atoms with Crippen molar-refractivity contribution in [3.63, 3.8) is 0 Å². The number of nitrogens with one attached hydrogen (secondary N) is 1. The Morgan fingerprint density at radius 3 is 2.32 bits per heavy atom. The van der Waals surface area contributed by atoms with E-state index in [1.807, 2.05) is 25.1 Å². The van der Waals surface area contributed by atoms with E-state index >= 15 is 0 Å².